The second kappa shape index (κ2) is 17.0. The van der Waals surface area contributed by atoms with Gasteiger partial charge in [-0.1, -0.05) is 199 Å². The van der Waals surface area contributed by atoms with E-state index < -0.39 is 0 Å². The van der Waals surface area contributed by atoms with E-state index in [2.05, 4.69) is 281 Å². The minimum absolute atomic E-state index is 0.0145. The van der Waals surface area contributed by atoms with Crippen LogP contribution in [0.15, 0.2) is 170 Å². The maximum Gasteiger partial charge on any atom is 0.333 e. The van der Waals surface area contributed by atoms with Crippen LogP contribution in [0.25, 0.3) is 32.7 Å². The van der Waals surface area contributed by atoms with Gasteiger partial charge in [-0.3, -0.25) is 0 Å². The molecule has 0 atom stereocenters. The zero-order valence-electron chi connectivity index (χ0n) is 47.0. The van der Waals surface area contributed by atoms with Crippen molar-refractivity contribution in [2.75, 3.05) is 14.6 Å². The van der Waals surface area contributed by atoms with Crippen molar-refractivity contribution in [2.24, 2.45) is 0 Å². The summed E-state index contributed by atoms with van der Waals surface area (Å²) in [6.45, 7) is 32.8. The van der Waals surface area contributed by atoms with Crippen molar-refractivity contribution in [1.82, 2.24) is 0 Å². The van der Waals surface area contributed by atoms with Gasteiger partial charge in [0.2, 0.25) is 0 Å². The van der Waals surface area contributed by atoms with E-state index >= 15 is 0 Å². The van der Waals surface area contributed by atoms with Crippen molar-refractivity contribution >= 4 is 84.8 Å². The molecule has 3 nitrogen and oxygen atoms in total. The zero-order valence-corrected chi connectivity index (χ0v) is 47.0. The third-order valence-electron chi connectivity index (χ3n) is 17.5. The normalized spacial score (nSPS) is 15.6. The van der Waals surface area contributed by atoms with Crippen molar-refractivity contribution in [2.45, 2.75) is 137 Å². The molecule has 2 heterocycles. The quantitative estimate of drug-likeness (QED) is 0.159. The molecule has 0 saturated carbocycles. The molecule has 12 rings (SSSR count). The van der Waals surface area contributed by atoms with Crippen molar-refractivity contribution in [1.29, 1.82) is 0 Å². The number of aryl methyl sites for hydroxylation is 1. The van der Waals surface area contributed by atoms with E-state index in [-0.39, 0.29) is 33.9 Å². The van der Waals surface area contributed by atoms with Gasteiger partial charge in [0.05, 0.1) is 0 Å². The average Bonchev–Trinajstić information content (AvgIpc) is 3.43. The van der Waals surface area contributed by atoms with Gasteiger partial charge in [-0.15, -0.1) is 0 Å². The zero-order chi connectivity index (χ0) is 52.7. The van der Waals surface area contributed by atoms with Crippen LogP contribution in [0.5, 0.6) is 0 Å². The molecule has 4 heteroatoms. The lowest BCUT2D eigenvalue weighted by Crippen LogP contribution is -2.61. The van der Waals surface area contributed by atoms with Crippen LogP contribution in [0, 0.1) is 6.92 Å². The Morgan fingerprint density at radius 2 is 0.973 bits per heavy atom. The molecule has 1 aliphatic carbocycles. The number of hydrogen-bond acceptors (Lipinski definition) is 3. The van der Waals surface area contributed by atoms with E-state index in [0.717, 1.165) is 23.5 Å². The first kappa shape index (κ1) is 48.9. The number of rotatable bonds is 5. The summed E-state index contributed by atoms with van der Waals surface area (Å²) in [7, 11) is 0. The lowest BCUT2D eigenvalue weighted by Gasteiger charge is -2.48. The van der Waals surface area contributed by atoms with Crippen LogP contribution in [0.4, 0.5) is 45.5 Å². The van der Waals surface area contributed by atoms with Crippen LogP contribution in [-0.2, 0) is 27.1 Å². The monoisotopic (exact) mass is 980 g/mol. The fourth-order valence-corrected chi connectivity index (χ4v) is 12.9. The van der Waals surface area contributed by atoms with Crippen molar-refractivity contribution in [3.05, 3.63) is 203 Å². The van der Waals surface area contributed by atoms with Gasteiger partial charge in [0, 0.05) is 56.4 Å². The van der Waals surface area contributed by atoms with Gasteiger partial charge in [-0.2, -0.15) is 0 Å². The molecule has 2 aliphatic heterocycles. The summed E-state index contributed by atoms with van der Waals surface area (Å²) in [5.41, 5.74) is 23.1. The van der Waals surface area contributed by atoms with E-state index in [9.17, 15) is 0 Å². The Labute approximate surface area is 448 Å². The first-order chi connectivity index (χ1) is 35.5. The number of nitrogens with zero attached hydrogens (tertiary/aromatic N) is 3. The second-order valence-electron chi connectivity index (χ2n) is 26.6. The van der Waals surface area contributed by atoms with Crippen LogP contribution in [0.3, 0.4) is 0 Å². The van der Waals surface area contributed by atoms with Gasteiger partial charge in [0.25, 0.3) is 0 Å². The molecule has 3 aliphatic rings. The van der Waals surface area contributed by atoms with Crippen molar-refractivity contribution < 1.29 is 0 Å². The standard InChI is InChI=1S/C71H74BN3/c1-45-41-58-59(71(13,14)40-39-70(58,11)12)44-61(45)74-62-43-54(73(51-30-24-48(25-31-51)67(2,3)4)52-32-26-49(27-33-52)68(5,6)7)36-38-60(62)72-65-63(74)42-47-20-16-17-21-55(47)64(65)57-37-23-46-19-15-18-22-56(46)66(57)75(72)53-34-28-50(29-35-53)69(8,9)10/h15-38,41-44H,39-40H2,1-14H3. The molecule has 0 amide bonds. The van der Waals surface area contributed by atoms with Crippen LogP contribution in [0.2, 0.25) is 0 Å². The number of fused-ring (bicyclic) bond motifs is 9. The summed E-state index contributed by atoms with van der Waals surface area (Å²) in [4.78, 5) is 7.88. The molecule has 9 aromatic carbocycles. The van der Waals surface area contributed by atoms with Crippen LogP contribution in [-0.4, -0.2) is 6.85 Å². The lowest BCUT2D eigenvalue weighted by atomic mass is 9.43. The smallest absolute Gasteiger partial charge is 0.333 e. The van der Waals surface area contributed by atoms with Gasteiger partial charge >= 0.3 is 6.85 Å². The SMILES string of the molecule is Cc1cc2c(cc1N1c3cc(N(c4ccc(C(C)(C)C)cc4)c4ccc(C(C)(C)C)cc4)ccc3B3c4c1cc1ccccc1c4-c1ccc4ccccc4c1N3c1ccc(C(C)(C)C)cc1)C(C)(C)CCC2(C)C. The third-order valence-corrected chi connectivity index (χ3v) is 17.5. The third kappa shape index (κ3) is 8.00. The Hall–Kier alpha value is -7.04. The minimum atomic E-state index is -0.155. The summed E-state index contributed by atoms with van der Waals surface area (Å²) in [6.07, 6.45) is 2.32. The van der Waals surface area contributed by atoms with E-state index in [1.54, 1.807) is 0 Å². The molecule has 0 radical (unpaired) electrons. The lowest BCUT2D eigenvalue weighted by molar-refractivity contribution is 0.332. The summed E-state index contributed by atoms with van der Waals surface area (Å²) in [5.74, 6) is 0. The van der Waals surface area contributed by atoms with Gasteiger partial charge in [-0.25, -0.2) is 0 Å². The average molecular weight is 980 g/mol. The fourth-order valence-electron chi connectivity index (χ4n) is 12.9. The highest BCUT2D eigenvalue weighted by Gasteiger charge is 2.47. The maximum absolute atomic E-state index is 2.71. The van der Waals surface area contributed by atoms with E-state index in [0.29, 0.717) is 0 Å². The van der Waals surface area contributed by atoms with Gasteiger partial charge in [0.15, 0.2) is 0 Å². The summed E-state index contributed by atoms with van der Waals surface area (Å²) < 4.78 is 0. The van der Waals surface area contributed by atoms with Gasteiger partial charge < -0.3 is 14.6 Å². The summed E-state index contributed by atoms with van der Waals surface area (Å²) in [5, 5.41) is 5.03. The predicted octanol–water partition coefficient (Wildman–Crippen LogP) is 18.7. The fraction of sp³-hybridized carbons (Fsp3) is 0.296. The Balaban J connectivity index is 1.20. The van der Waals surface area contributed by atoms with Gasteiger partial charge in [-0.05, 0) is 174 Å². The maximum atomic E-state index is 2.71. The summed E-state index contributed by atoms with van der Waals surface area (Å²) in [6, 6.07) is 66.1. The molecule has 9 aromatic rings. The Bertz CT molecular complexity index is 3670. The first-order valence-electron chi connectivity index (χ1n) is 27.6. The molecule has 0 fully saturated rings. The highest BCUT2D eigenvalue weighted by atomic mass is 15.2. The minimum Gasteiger partial charge on any atom is -0.376 e. The molecule has 376 valence electrons. The topological polar surface area (TPSA) is 9.72 Å². The molecule has 0 unspecified atom stereocenters. The van der Waals surface area contributed by atoms with Crippen LogP contribution >= 0.6 is 0 Å². The summed E-state index contributed by atoms with van der Waals surface area (Å²) >= 11 is 0. The van der Waals surface area contributed by atoms with E-state index in [4.69, 9.17) is 0 Å². The Kier molecular flexibility index (Phi) is 11.1. The molecule has 75 heavy (non-hydrogen) atoms. The number of benzene rings is 9. The second-order valence-corrected chi connectivity index (χ2v) is 26.6. The highest BCUT2D eigenvalue weighted by molar-refractivity contribution is 6.94. The van der Waals surface area contributed by atoms with E-state index in [1.807, 2.05) is 0 Å². The Morgan fingerprint density at radius 1 is 0.467 bits per heavy atom. The van der Waals surface area contributed by atoms with Gasteiger partial charge in [0.1, 0.15) is 0 Å². The molecular weight excluding hydrogens is 906 g/mol. The van der Waals surface area contributed by atoms with Crippen molar-refractivity contribution in [3.63, 3.8) is 0 Å². The molecule has 0 spiro atoms. The first-order valence-corrected chi connectivity index (χ1v) is 27.6. The Morgan fingerprint density at radius 3 is 1.55 bits per heavy atom. The van der Waals surface area contributed by atoms with Crippen LogP contribution in [0.1, 0.15) is 136 Å². The highest BCUT2D eigenvalue weighted by Crippen LogP contribution is 2.54. The largest absolute Gasteiger partial charge is 0.376 e. The van der Waals surface area contributed by atoms with E-state index in [1.165, 1.54) is 112 Å². The van der Waals surface area contributed by atoms with Crippen molar-refractivity contribution in [3.8, 4) is 11.1 Å². The molecular formula is C71H74BN3. The number of anilines is 8. The predicted molar refractivity (Wildman–Crippen MR) is 326 cm³/mol. The molecule has 0 bridgehead atoms. The molecule has 0 aromatic heterocycles. The molecule has 0 saturated heterocycles. The molecule has 0 N–H and O–H groups in total. The van der Waals surface area contributed by atoms with Crippen LogP contribution < -0.4 is 25.5 Å². The number of hydrogen-bond donors (Lipinski definition) is 0.